The number of rotatable bonds is 13. The second-order valence-corrected chi connectivity index (χ2v) is 21.9. The zero-order valence-corrected chi connectivity index (χ0v) is 44.3. The number of alkyl halides is 3. The van der Waals surface area contributed by atoms with Gasteiger partial charge in [0, 0.05) is 59.1 Å². The van der Waals surface area contributed by atoms with Crippen LogP contribution >= 0.6 is 0 Å². The predicted molar refractivity (Wildman–Crippen MR) is 294 cm³/mol. The predicted octanol–water partition coefficient (Wildman–Crippen LogP) is 14.1. The zero-order chi connectivity index (χ0) is 54.5. The van der Waals surface area contributed by atoms with Crippen LogP contribution in [0.15, 0.2) is 134 Å². The molecule has 0 unspecified atom stereocenters. The summed E-state index contributed by atoms with van der Waals surface area (Å²) in [6.07, 6.45) is 9.91. The van der Waals surface area contributed by atoms with Gasteiger partial charge in [-0.25, -0.2) is 14.0 Å². The van der Waals surface area contributed by atoms with Gasteiger partial charge in [0.05, 0.1) is 34.6 Å². The molecule has 2 aliphatic rings. The first-order valence-electron chi connectivity index (χ1n) is 26.6. The molecule has 0 saturated heterocycles. The second-order valence-electron chi connectivity index (χ2n) is 21.9. The molecule has 2 fully saturated rings. The normalized spacial score (nSPS) is 14.4. The maximum absolute atomic E-state index is 13.8. The minimum Gasteiger partial charge on any atom is -0.490 e. The van der Waals surface area contributed by atoms with Crippen molar-refractivity contribution < 1.29 is 37.0 Å². The molecule has 8 aromatic rings. The Morgan fingerprint density at radius 2 is 1.19 bits per heavy atom. The smallest absolute Gasteiger partial charge is 0.433 e. The Bertz CT molecular complexity index is 3330. The number of amides is 2. The highest BCUT2D eigenvalue weighted by molar-refractivity contribution is 5.98. The standard InChI is InChI=1S/C32H35F3N4O.C30H32FN3O3/c1-31(2,3)29-26(17-21-9-5-4-6-10-21)25-18-24(38-23-11-7-8-12-23)14-15-27(25)39(29)30(40)37-20-22-13-16-28(36-19-22)32(33,34)35;1-30(2,36)28-26(15-20-8-4-3-5-9-20)25-16-24(37-23-10-6-7-11-23)12-13-27(25)34(28)29(35)33-18-21-14-22(31)19-32-17-21/h4-6,9-10,13-16,18-19,23,38H,7-8,11-12,17,20H2,1-3H3,(H,37,40);3-5,8-9,12-14,16-17,19,23,36H,6-7,10-11,15,18H2,1-2H3,(H,33,35). The number of pyridine rings is 2. The lowest BCUT2D eigenvalue weighted by atomic mass is 9.86. The fourth-order valence-electron chi connectivity index (χ4n) is 10.9. The van der Waals surface area contributed by atoms with E-state index in [0.717, 1.165) is 99.8 Å². The molecule has 0 bridgehead atoms. The van der Waals surface area contributed by atoms with E-state index < -0.39 is 29.3 Å². The number of anilines is 1. The maximum atomic E-state index is 13.8. The Hall–Kier alpha value is -7.52. The molecule has 15 heteroatoms. The molecule has 4 heterocycles. The minimum atomic E-state index is -4.51. The highest BCUT2D eigenvalue weighted by atomic mass is 19.4. The van der Waals surface area contributed by atoms with Gasteiger partial charge in [-0.15, -0.1) is 0 Å². The molecule has 2 saturated carbocycles. The average molecular weight is 1050 g/mol. The maximum Gasteiger partial charge on any atom is 0.433 e. The Morgan fingerprint density at radius 3 is 1.75 bits per heavy atom. The van der Waals surface area contributed by atoms with E-state index in [4.69, 9.17) is 4.74 Å². The summed E-state index contributed by atoms with van der Waals surface area (Å²) < 4.78 is 61.9. The van der Waals surface area contributed by atoms with Crippen molar-refractivity contribution >= 4 is 39.6 Å². The minimum absolute atomic E-state index is 0.0581. The van der Waals surface area contributed by atoms with Gasteiger partial charge in [0.2, 0.25) is 0 Å². The number of hydrogen-bond acceptors (Lipinski definition) is 7. The van der Waals surface area contributed by atoms with Gasteiger partial charge in [-0.2, -0.15) is 13.2 Å². The number of nitrogens with zero attached hydrogens (tertiary/aromatic N) is 4. The number of aliphatic hydroxyl groups is 1. The van der Waals surface area contributed by atoms with E-state index in [0.29, 0.717) is 41.2 Å². The van der Waals surface area contributed by atoms with Gasteiger partial charge in [-0.05, 0) is 147 Å². The van der Waals surface area contributed by atoms with Crippen LogP contribution in [-0.2, 0) is 43.1 Å². The molecule has 10 rings (SSSR count). The topological polar surface area (TPSA) is 135 Å². The summed E-state index contributed by atoms with van der Waals surface area (Å²) >= 11 is 0. The summed E-state index contributed by atoms with van der Waals surface area (Å²) in [5.41, 5.74) is 6.53. The lowest BCUT2D eigenvalue weighted by Gasteiger charge is -2.24. The highest BCUT2D eigenvalue weighted by Crippen LogP contribution is 2.40. The molecule has 4 aromatic heterocycles. The monoisotopic (exact) mass is 1050 g/mol. The summed E-state index contributed by atoms with van der Waals surface area (Å²) in [7, 11) is 0. The molecule has 2 aliphatic carbocycles. The fraction of sp³-hybridized carbons (Fsp3) is 0.355. The number of benzene rings is 4. The third-order valence-electron chi connectivity index (χ3n) is 14.4. The Labute approximate surface area is 447 Å². The summed E-state index contributed by atoms with van der Waals surface area (Å²) in [6, 6.07) is 35.5. The van der Waals surface area contributed by atoms with Crippen molar-refractivity contribution in [2.45, 2.75) is 141 Å². The number of carbonyl (C=O) groups excluding carboxylic acids is 2. The van der Waals surface area contributed by atoms with Crippen LogP contribution < -0.4 is 20.7 Å². The molecule has 4 aromatic carbocycles. The van der Waals surface area contributed by atoms with E-state index in [1.807, 2.05) is 78.9 Å². The highest BCUT2D eigenvalue weighted by Gasteiger charge is 2.34. The van der Waals surface area contributed by atoms with Crippen LogP contribution in [0.3, 0.4) is 0 Å². The van der Waals surface area contributed by atoms with Crippen molar-refractivity contribution in [3.05, 3.63) is 190 Å². The van der Waals surface area contributed by atoms with Crippen molar-refractivity contribution in [1.82, 2.24) is 29.7 Å². The fourth-order valence-corrected chi connectivity index (χ4v) is 10.9. The first-order chi connectivity index (χ1) is 36.8. The van der Waals surface area contributed by atoms with Crippen molar-refractivity contribution in [3.63, 3.8) is 0 Å². The van der Waals surface area contributed by atoms with E-state index in [1.165, 1.54) is 44.0 Å². The van der Waals surface area contributed by atoms with Crippen LogP contribution in [0.4, 0.5) is 32.8 Å². The molecule has 402 valence electrons. The third-order valence-corrected chi connectivity index (χ3v) is 14.4. The van der Waals surface area contributed by atoms with Crippen LogP contribution in [0, 0.1) is 5.82 Å². The SMILES string of the molecule is CC(C)(C)c1c(Cc2ccccc2)c2cc(NC3CCCC3)ccc2n1C(=O)NCc1ccc(C(F)(F)F)nc1.CC(C)(O)c1c(Cc2ccccc2)c2cc(OC3CCCC3)ccc2n1C(=O)NCc1cncc(F)c1. The quantitative estimate of drug-likeness (QED) is 0.0845. The van der Waals surface area contributed by atoms with Crippen molar-refractivity contribution in [1.29, 1.82) is 0 Å². The molecule has 11 nitrogen and oxygen atoms in total. The Kier molecular flexibility index (Phi) is 16.2. The lowest BCUT2D eigenvalue weighted by Crippen LogP contribution is -2.33. The number of nitrogens with one attached hydrogen (secondary N) is 3. The summed E-state index contributed by atoms with van der Waals surface area (Å²) in [5.74, 6) is 0.301. The van der Waals surface area contributed by atoms with E-state index in [1.54, 1.807) is 23.0 Å². The number of fused-ring (bicyclic) bond motifs is 2. The summed E-state index contributed by atoms with van der Waals surface area (Å²) in [6.45, 7) is 9.82. The van der Waals surface area contributed by atoms with Gasteiger partial charge in [0.25, 0.3) is 0 Å². The van der Waals surface area contributed by atoms with Crippen LogP contribution in [0.2, 0.25) is 0 Å². The van der Waals surface area contributed by atoms with Gasteiger partial charge >= 0.3 is 18.2 Å². The number of ether oxygens (including phenoxy) is 1. The Morgan fingerprint density at radius 1 is 0.636 bits per heavy atom. The molecule has 2 amide bonds. The number of carbonyl (C=O) groups is 2. The molecule has 0 spiro atoms. The number of halogens is 4. The van der Waals surface area contributed by atoms with Gasteiger partial charge < -0.3 is 25.8 Å². The first kappa shape index (κ1) is 54.3. The van der Waals surface area contributed by atoms with Crippen LogP contribution in [0.5, 0.6) is 5.75 Å². The summed E-state index contributed by atoms with van der Waals surface area (Å²) in [4.78, 5) is 34.8. The van der Waals surface area contributed by atoms with Crippen LogP contribution in [0.25, 0.3) is 21.8 Å². The third kappa shape index (κ3) is 13.0. The van der Waals surface area contributed by atoms with E-state index in [2.05, 4.69) is 64.9 Å². The molecular weight excluding hydrogens is 983 g/mol. The van der Waals surface area contributed by atoms with E-state index in [9.17, 15) is 32.3 Å². The molecule has 4 N–H and O–H groups in total. The number of aromatic nitrogens is 4. The van der Waals surface area contributed by atoms with Gasteiger partial charge in [0.15, 0.2) is 0 Å². The van der Waals surface area contributed by atoms with Crippen LogP contribution in [-0.4, -0.2) is 48.4 Å². The lowest BCUT2D eigenvalue weighted by molar-refractivity contribution is -0.141. The Balaban J connectivity index is 0.000000188. The molecule has 0 radical (unpaired) electrons. The van der Waals surface area contributed by atoms with Gasteiger partial charge in [0.1, 0.15) is 17.3 Å². The van der Waals surface area contributed by atoms with E-state index in [-0.39, 0.29) is 30.6 Å². The molecular formula is C62H67F4N7O4. The second kappa shape index (κ2) is 23.0. The zero-order valence-electron chi connectivity index (χ0n) is 44.3. The van der Waals surface area contributed by atoms with Crippen molar-refractivity contribution in [3.8, 4) is 5.75 Å². The van der Waals surface area contributed by atoms with Gasteiger partial charge in [-0.1, -0.05) is 100 Å². The van der Waals surface area contributed by atoms with Crippen LogP contribution in [0.1, 0.15) is 136 Å². The largest absolute Gasteiger partial charge is 0.490 e. The average Bonchev–Trinajstić information content (AvgIpc) is 4.29. The molecule has 0 atom stereocenters. The van der Waals surface area contributed by atoms with Crippen molar-refractivity contribution in [2.24, 2.45) is 0 Å². The first-order valence-corrected chi connectivity index (χ1v) is 26.6. The molecule has 77 heavy (non-hydrogen) atoms. The number of hydrogen-bond donors (Lipinski definition) is 4. The van der Waals surface area contributed by atoms with Gasteiger partial charge in [-0.3, -0.25) is 19.1 Å². The summed E-state index contributed by atoms with van der Waals surface area (Å²) in [5, 5.41) is 22.7. The molecule has 0 aliphatic heterocycles. The van der Waals surface area contributed by atoms with Crippen molar-refractivity contribution in [2.75, 3.05) is 5.32 Å². The van der Waals surface area contributed by atoms with E-state index >= 15 is 0 Å².